The molecule has 6 N–H and O–H groups in total. The molecule has 1 aromatic carbocycles. The van der Waals surface area contributed by atoms with Crippen LogP contribution in [0.15, 0.2) is 36.9 Å². The minimum atomic E-state index is -0.174. The van der Waals surface area contributed by atoms with Crippen LogP contribution < -0.4 is 27.0 Å². The number of hydrogen-bond donors (Lipinski definition) is 5. The Bertz CT molecular complexity index is 891. The van der Waals surface area contributed by atoms with E-state index in [1.807, 2.05) is 0 Å². The van der Waals surface area contributed by atoms with E-state index >= 15 is 0 Å². The third kappa shape index (κ3) is 10.7. The second kappa shape index (κ2) is 16.4. The molecule has 0 spiro atoms. The zero-order chi connectivity index (χ0) is 25.3. The summed E-state index contributed by atoms with van der Waals surface area (Å²) in [6.45, 7) is 11.3. The van der Waals surface area contributed by atoms with Crippen LogP contribution in [-0.4, -0.2) is 73.0 Å². The number of anilines is 4. The van der Waals surface area contributed by atoms with Crippen molar-refractivity contribution in [3.05, 3.63) is 42.5 Å². The molecule has 35 heavy (non-hydrogen) atoms. The Balaban J connectivity index is 1.92. The molecule has 0 saturated heterocycles. The van der Waals surface area contributed by atoms with Gasteiger partial charge in [-0.3, -0.25) is 4.79 Å². The third-order valence-corrected chi connectivity index (χ3v) is 4.93. The number of ether oxygens (including phenoxy) is 2. The second-order valence-corrected chi connectivity index (χ2v) is 7.61. The second-order valence-electron chi connectivity index (χ2n) is 7.61. The van der Waals surface area contributed by atoms with Gasteiger partial charge in [-0.05, 0) is 37.1 Å². The number of carbonyl (C=O) groups excluding carboxylic acids is 1. The fourth-order valence-corrected chi connectivity index (χ4v) is 2.99. The van der Waals surface area contributed by atoms with Crippen molar-refractivity contribution in [2.75, 3.05) is 62.0 Å². The molecular formula is C24H38N8O3. The average molecular weight is 487 g/mol. The minimum Gasteiger partial charge on any atom is -0.378 e. The average Bonchev–Trinajstić information content (AvgIpc) is 2.87. The molecule has 0 aliphatic carbocycles. The number of benzene rings is 1. The van der Waals surface area contributed by atoms with Gasteiger partial charge in [0.05, 0.1) is 26.4 Å². The first-order valence-electron chi connectivity index (χ1n) is 12.0. The zero-order valence-corrected chi connectivity index (χ0v) is 20.7. The van der Waals surface area contributed by atoms with Gasteiger partial charge in [0.15, 0.2) is 0 Å². The molecule has 0 atom stereocenters. The first-order chi connectivity index (χ1) is 17.1. The van der Waals surface area contributed by atoms with E-state index in [0.29, 0.717) is 69.5 Å². The van der Waals surface area contributed by atoms with E-state index in [1.165, 1.54) is 0 Å². The van der Waals surface area contributed by atoms with Crippen molar-refractivity contribution in [3.8, 4) is 0 Å². The Morgan fingerprint density at radius 3 is 2.31 bits per heavy atom. The summed E-state index contributed by atoms with van der Waals surface area (Å²) >= 11 is 0. The quantitative estimate of drug-likeness (QED) is 0.157. The van der Waals surface area contributed by atoms with Crippen molar-refractivity contribution >= 4 is 29.4 Å². The molecule has 1 amide bonds. The van der Waals surface area contributed by atoms with Gasteiger partial charge >= 0.3 is 0 Å². The molecule has 2 aromatic rings. The molecule has 1 aromatic heterocycles. The van der Waals surface area contributed by atoms with Gasteiger partial charge in [0, 0.05) is 36.9 Å². The maximum absolute atomic E-state index is 12.4. The molecule has 11 nitrogen and oxygen atoms in total. The largest absolute Gasteiger partial charge is 0.378 e. The molecule has 0 bridgehead atoms. The number of amides is 1. The number of nitrogens with one attached hydrogen (secondary N) is 4. The van der Waals surface area contributed by atoms with Crippen molar-refractivity contribution < 1.29 is 14.3 Å². The van der Waals surface area contributed by atoms with Crippen LogP contribution in [0.5, 0.6) is 0 Å². The molecule has 0 aliphatic heterocycles. The summed E-state index contributed by atoms with van der Waals surface area (Å²) in [7, 11) is 0. The van der Waals surface area contributed by atoms with Gasteiger partial charge < -0.3 is 36.5 Å². The first kappa shape index (κ1) is 28.0. The van der Waals surface area contributed by atoms with Crippen LogP contribution in [-0.2, 0) is 9.47 Å². The fourth-order valence-electron chi connectivity index (χ4n) is 2.99. The van der Waals surface area contributed by atoms with Crippen LogP contribution in [0.1, 0.15) is 37.0 Å². The third-order valence-electron chi connectivity index (χ3n) is 4.93. The highest BCUT2D eigenvalue weighted by Crippen LogP contribution is 2.18. The first-order valence-corrected chi connectivity index (χ1v) is 12.0. The van der Waals surface area contributed by atoms with Gasteiger partial charge in [-0.2, -0.15) is 15.0 Å². The lowest BCUT2D eigenvalue weighted by molar-refractivity contribution is 0.0511. The Morgan fingerprint density at radius 2 is 1.66 bits per heavy atom. The highest BCUT2D eigenvalue weighted by molar-refractivity contribution is 5.94. The maximum Gasteiger partial charge on any atom is 0.251 e. The minimum absolute atomic E-state index is 0.174. The van der Waals surface area contributed by atoms with Crippen molar-refractivity contribution in [3.63, 3.8) is 0 Å². The lowest BCUT2D eigenvalue weighted by Crippen LogP contribution is -2.27. The summed E-state index contributed by atoms with van der Waals surface area (Å²) in [6, 6.07) is 7.34. The molecule has 2 rings (SSSR count). The Kier molecular flexibility index (Phi) is 13.1. The topological polar surface area (TPSA) is 148 Å². The fraction of sp³-hybridized carbons (Fsp3) is 0.500. The molecule has 0 aliphatic rings. The number of carbonyl (C=O) groups is 1. The molecule has 0 fully saturated rings. The number of rotatable bonds is 18. The van der Waals surface area contributed by atoms with E-state index in [4.69, 9.17) is 15.2 Å². The van der Waals surface area contributed by atoms with Gasteiger partial charge in [-0.1, -0.05) is 19.9 Å². The van der Waals surface area contributed by atoms with Gasteiger partial charge in [-0.15, -0.1) is 6.58 Å². The molecular weight excluding hydrogens is 448 g/mol. The lowest BCUT2D eigenvalue weighted by atomic mass is 10.2. The summed E-state index contributed by atoms with van der Waals surface area (Å²) in [5.41, 5.74) is 6.64. The van der Waals surface area contributed by atoms with Crippen LogP contribution in [0.25, 0.3) is 0 Å². The summed E-state index contributed by atoms with van der Waals surface area (Å²) in [5, 5.41) is 12.5. The van der Waals surface area contributed by atoms with Gasteiger partial charge in [0.1, 0.15) is 0 Å². The van der Waals surface area contributed by atoms with Crippen LogP contribution in [0, 0.1) is 0 Å². The van der Waals surface area contributed by atoms with E-state index in [1.54, 1.807) is 30.3 Å². The number of aromatic nitrogens is 3. The highest BCUT2D eigenvalue weighted by atomic mass is 16.5. The molecule has 0 saturated carbocycles. The van der Waals surface area contributed by atoms with E-state index in [0.717, 1.165) is 18.5 Å². The number of hydrogen-bond acceptors (Lipinski definition) is 10. The van der Waals surface area contributed by atoms with Gasteiger partial charge in [0.2, 0.25) is 17.8 Å². The SMILES string of the molecule is C=CCNc1nc(Nc2ccc(C(=O)NCCOCCOCCN)cc2)nc(NC(CC)CC)n1. The van der Waals surface area contributed by atoms with Crippen LogP contribution in [0.2, 0.25) is 0 Å². The monoisotopic (exact) mass is 486 g/mol. The van der Waals surface area contributed by atoms with E-state index in [2.05, 4.69) is 56.6 Å². The Morgan fingerprint density at radius 1 is 1.00 bits per heavy atom. The maximum atomic E-state index is 12.4. The highest BCUT2D eigenvalue weighted by Gasteiger charge is 2.11. The lowest BCUT2D eigenvalue weighted by Gasteiger charge is -2.16. The smallest absolute Gasteiger partial charge is 0.251 e. The predicted octanol–water partition coefficient (Wildman–Crippen LogP) is 2.54. The van der Waals surface area contributed by atoms with Crippen LogP contribution >= 0.6 is 0 Å². The molecule has 0 radical (unpaired) electrons. The molecule has 192 valence electrons. The van der Waals surface area contributed by atoms with Crippen molar-refractivity contribution in [1.29, 1.82) is 0 Å². The number of nitrogens with two attached hydrogens (primary N) is 1. The predicted molar refractivity (Wildman–Crippen MR) is 139 cm³/mol. The molecule has 1 heterocycles. The van der Waals surface area contributed by atoms with Crippen molar-refractivity contribution in [2.45, 2.75) is 32.7 Å². The van der Waals surface area contributed by atoms with E-state index in [9.17, 15) is 4.79 Å². The van der Waals surface area contributed by atoms with Crippen molar-refractivity contribution in [2.24, 2.45) is 5.73 Å². The van der Waals surface area contributed by atoms with Gasteiger partial charge in [-0.25, -0.2) is 0 Å². The van der Waals surface area contributed by atoms with E-state index < -0.39 is 0 Å². The number of nitrogens with zero attached hydrogens (tertiary/aromatic N) is 3. The van der Waals surface area contributed by atoms with E-state index in [-0.39, 0.29) is 11.9 Å². The summed E-state index contributed by atoms with van der Waals surface area (Å²) < 4.78 is 10.6. The Labute approximate surface area is 207 Å². The zero-order valence-electron chi connectivity index (χ0n) is 20.7. The molecule has 11 heteroatoms. The normalized spacial score (nSPS) is 10.7. The Hall–Kier alpha value is -3.28. The van der Waals surface area contributed by atoms with Crippen molar-refractivity contribution in [1.82, 2.24) is 20.3 Å². The summed E-state index contributed by atoms with van der Waals surface area (Å²) in [4.78, 5) is 25.7. The standard InChI is InChI=1S/C24H38N8O3/c1-4-12-27-22-30-23(28-19(5-2)6-3)32-24(31-22)29-20-9-7-18(8-10-20)21(33)26-13-15-35-17-16-34-14-11-25/h4,7-10,19H,1,5-6,11-17,25H2,2-3H3,(H,26,33)(H3,27,28,29,30,31,32). The molecule has 0 unspecified atom stereocenters. The van der Waals surface area contributed by atoms with Crippen LogP contribution in [0.4, 0.5) is 23.5 Å². The summed E-state index contributed by atoms with van der Waals surface area (Å²) in [5.74, 6) is 1.16. The summed E-state index contributed by atoms with van der Waals surface area (Å²) in [6.07, 6.45) is 3.65. The van der Waals surface area contributed by atoms with Crippen LogP contribution in [0.3, 0.4) is 0 Å². The van der Waals surface area contributed by atoms with Gasteiger partial charge in [0.25, 0.3) is 5.91 Å².